The number of aliphatic hydroxyl groups excluding tert-OH is 1. The molecule has 0 spiro atoms. The number of carbonyl (C=O) groups excluding carboxylic acids is 2. The average molecular weight is 369 g/mol. The Labute approximate surface area is 156 Å². The van der Waals surface area contributed by atoms with Crippen LogP contribution in [-0.2, 0) is 9.59 Å². The highest BCUT2D eigenvalue weighted by Gasteiger charge is 2.29. The summed E-state index contributed by atoms with van der Waals surface area (Å²) in [7, 11) is 0. The zero-order chi connectivity index (χ0) is 19.0. The predicted octanol–water partition coefficient (Wildman–Crippen LogP) is 1.19. The maximum absolute atomic E-state index is 12.9. The number of benzene rings is 1. The average Bonchev–Trinajstić information content (AvgIpc) is 2.69. The van der Waals surface area contributed by atoms with Gasteiger partial charge in [0, 0.05) is 43.4 Å². The van der Waals surface area contributed by atoms with Gasteiger partial charge in [-0.2, -0.15) is 0 Å². The Morgan fingerprint density at radius 3 is 2.56 bits per heavy atom. The highest BCUT2D eigenvalue weighted by Crippen LogP contribution is 2.26. The SMILES string of the molecule is O=C1CCC(n2ccc3cc(N4CCC(CO)CC4)ccc3c2=O)C(=O)N1. The second-order valence-corrected chi connectivity index (χ2v) is 7.38. The number of pyridine rings is 1. The van der Waals surface area contributed by atoms with E-state index >= 15 is 0 Å². The van der Waals surface area contributed by atoms with Crippen molar-refractivity contribution in [3.8, 4) is 0 Å². The summed E-state index contributed by atoms with van der Waals surface area (Å²) in [4.78, 5) is 38.6. The smallest absolute Gasteiger partial charge is 0.259 e. The Kier molecular flexibility index (Phi) is 4.70. The predicted molar refractivity (Wildman–Crippen MR) is 102 cm³/mol. The molecule has 1 aromatic heterocycles. The van der Waals surface area contributed by atoms with Crippen LogP contribution in [0.15, 0.2) is 35.3 Å². The van der Waals surface area contributed by atoms with Gasteiger partial charge in [-0.25, -0.2) is 0 Å². The van der Waals surface area contributed by atoms with Crippen molar-refractivity contribution in [3.05, 3.63) is 40.8 Å². The number of anilines is 1. The van der Waals surface area contributed by atoms with E-state index in [1.54, 1.807) is 6.20 Å². The van der Waals surface area contributed by atoms with Crippen LogP contribution >= 0.6 is 0 Å². The van der Waals surface area contributed by atoms with Crippen LogP contribution in [-0.4, -0.2) is 41.2 Å². The topological polar surface area (TPSA) is 91.6 Å². The first-order chi connectivity index (χ1) is 13.1. The quantitative estimate of drug-likeness (QED) is 0.793. The molecule has 2 N–H and O–H groups in total. The molecule has 1 aromatic carbocycles. The van der Waals surface area contributed by atoms with Gasteiger partial charge in [0.05, 0.1) is 0 Å². The Balaban J connectivity index is 1.62. The first-order valence-corrected chi connectivity index (χ1v) is 9.41. The molecular weight excluding hydrogens is 346 g/mol. The summed E-state index contributed by atoms with van der Waals surface area (Å²) in [6.07, 6.45) is 4.15. The van der Waals surface area contributed by atoms with Crippen LogP contribution in [0.1, 0.15) is 31.7 Å². The van der Waals surface area contributed by atoms with E-state index in [9.17, 15) is 19.5 Å². The molecule has 0 saturated carbocycles. The molecule has 0 radical (unpaired) electrons. The molecule has 7 nitrogen and oxygen atoms in total. The van der Waals surface area contributed by atoms with Crippen LogP contribution < -0.4 is 15.8 Å². The number of nitrogens with zero attached hydrogens (tertiary/aromatic N) is 2. The van der Waals surface area contributed by atoms with E-state index in [1.165, 1.54) is 4.57 Å². The van der Waals surface area contributed by atoms with E-state index in [4.69, 9.17) is 0 Å². The van der Waals surface area contributed by atoms with E-state index in [1.807, 2.05) is 24.3 Å². The zero-order valence-corrected chi connectivity index (χ0v) is 15.1. The van der Waals surface area contributed by atoms with Crippen molar-refractivity contribution in [2.45, 2.75) is 31.7 Å². The van der Waals surface area contributed by atoms with Crippen molar-refractivity contribution in [2.75, 3.05) is 24.6 Å². The fourth-order valence-electron chi connectivity index (χ4n) is 4.01. The van der Waals surface area contributed by atoms with Crippen LogP contribution in [0.5, 0.6) is 0 Å². The van der Waals surface area contributed by atoms with Gasteiger partial charge in [0.15, 0.2) is 0 Å². The van der Waals surface area contributed by atoms with Crippen molar-refractivity contribution in [3.63, 3.8) is 0 Å². The third-order valence-electron chi connectivity index (χ3n) is 5.70. The zero-order valence-electron chi connectivity index (χ0n) is 15.1. The number of rotatable bonds is 3. The monoisotopic (exact) mass is 369 g/mol. The number of fused-ring (bicyclic) bond motifs is 1. The lowest BCUT2D eigenvalue weighted by Gasteiger charge is -2.33. The Hall–Kier alpha value is -2.67. The number of imide groups is 1. The largest absolute Gasteiger partial charge is 0.396 e. The molecule has 2 saturated heterocycles. The maximum Gasteiger partial charge on any atom is 0.259 e. The Morgan fingerprint density at radius 2 is 1.85 bits per heavy atom. The summed E-state index contributed by atoms with van der Waals surface area (Å²) in [6, 6.07) is 6.97. The summed E-state index contributed by atoms with van der Waals surface area (Å²) >= 11 is 0. The lowest BCUT2D eigenvalue weighted by molar-refractivity contribution is -0.135. The molecule has 2 aromatic rings. The fourth-order valence-corrected chi connectivity index (χ4v) is 4.01. The summed E-state index contributed by atoms with van der Waals surface area (Å²) in [6.45, 7) is 2.03. The second-order valence-electron chi connectivity index (χ2n) is 7.38. The number of piperidine rings is 2. The molecule has 2 amide bonds. The van der Waals surface area contributed by atoms with Crippen LogP contribution in [0.2, 0.25) is 0 Å². The highest BCUT2D eigenvalue weighted by atomic mass is 16.3. The van der Waals surface area contributed by atoms with Gasteiger partial charge in [-0.1, -0.05) is 0 Å². The summed E-state index contributed by atoms with van der Waals surface area (Å²) in [5.41, 5.74) is 0.851. The molecular formula is C20H23N3O4. The minimum absolute atomic E-state index is 0.215. The van der Waals surface area contributed by atoms with Gasteiger partial charge >= 0.3 is 0 Å². The standard InChI is InChI=1S/C20H23N3O4/c24-12-13-5-8-22(9-6-13)15-1-2-16-14(11-15)7-10-23(20(16)27)17-3-4-18(25)21-19(17)26/h1-2,7,10-11,13,17,24H,3-6,8-9,12H2,(H,21,25,26). The van der Waals surface area contributed by atoms with E-state index in [0.717, 1.165) is 37.0 Å². The molecule has 1 atom stereocenters. The second kappa shape index (κ2) is 7.15. The number of amides is 2. The molecule has 4 rings (SSSR count). The van der Waals surface area contributed by atoms with Crippen LogP contribution in [0.3, 0.4) is 0 Å². The van der Waals surface area contributed by atoms with E-state index in [0.29, 0.717) is 17.7 Å². The van der Waals surface area contributed by atoms with Gasteiger partial charge in [-0.3, -0.25) is 19.7 Å². The molecule has 0 aliphatic carbocycles. The molecule has 0 bridgehead atoms. The number of hydrogen-bond donors (Lipinski definition) is 2. The van der Waals surface area contributed by atoms with Crippen molar-refractivity contribution in [2.24, 2.45) is 5.92 Å². The lowest BCUT2D eigenvalue weighted by atomic mass is 9.97. The van der Waals surface area contributed by atoms with Crippen molar-refractivity contribution in [1.29, 1.82) is 0 Å². The molecule has 1 unspecified atom stereocenters. The number of hydrogen-bond acceptors (Lipinski definition) is 5. The van der Waals surface area contributed by atoms with E-state index in [2.05, 4.69) is 10.2 Å². The lowest BCUT2D eigenvalue weighted by Crippen LogP contribution is -2.44. The van der Waals surface area contributed by atoms with Gasteiger partial charge in [0.1, 0.15) is 6.04 Å². The first kappa shape index (κ1) is 17.7. The third-order valence-corrected chi connectivity index (χ3v) is 5.70. The number of carbonyl (C=O) groups is 2. The van der Waals surface area contributed by atoms with E-state index in [-0.39, 0.29) is 24.5 Å². The molecule has 142 valence electrons. The fraction of sp³-hybridized carbons (Fsp3) is 0.450. The van der Waals surface area contributed by atoms with Crippen molar-refractivity contribution in [1.82, 2.24) is 9.88 Å². The molecule has 2 aliphatic rings. The molecule has 7 heteroatoms. The normalized spacial score (nSPS) is 21.5. The summed E-state index contributed by atoms with van der Waals surface area (Å²) in [5.74, 6) is -0.335. The number of nitrogens with one attached hydrogen (secondary N) is 1. The molecule has 2 aliphatic heterocycles. The van der Waals surface area contributed by atoms with Crippen molar-refractivity contribution >= 4 is 28.3 Å². The number of aromatic nitrogens is 1. The van der Waals surface area contributed by atoms with Gasteiger partial charge in [0.2, 0.25) is 11.8 Å². The van der Waals surface area contributed by atoms with Crippen LogP contribution in [0.4, 0.5) is 5.69 Å². The first-order valence-electron chi connectivity index (χ1n) is 9.41. The molecule has 2 fully saturated rings. The molecule has 27 heavy (non-hydrogen) atoms. The maximum atomic E-state index is 12.9. The van der Waals surface area contributed by atoms with Gasteiger partial charge < -0.3 is 14.6 Å². The number of aliphatic hydroxyl groups is 1. The van der Waals surface area contributed by atoms with Crippen molar-refractivity contribution < 1.29 is 14.7 Å². The van der Waals surface area contributed by atoms with E-state index < -0.39 is 11.9 Å². The minimum Gasteiger partial charge on any atom is -0.396 e. The Bertz CT molecular complexity index is 944. The van der Waals surface area contributed by atoms with Crippen LogP contribution in [0, 0.1) is 5.92 Å². The van der Waals surface area contributed by atoms with Gasteiger partial charge in [-0.05, 0) is 54.8 Å². The Morgan fingerprint density at radius 1 is 1.07 bits per heavy atom. The van der Waals surface area contributed by atoms with Crippen LogP contribution in [0.25, 0.3) is 10.8 Å². The van der Waals surface area contributed by atoms with Gasteiger partial charge in [0.25, 0.3) is 5.56 Å². The summed E-state index contributed by atoms with van der Waals surface area (Å²) < 4.78 is 1.43. The minimum atomic E-state index is -0.642. The third kappa shape index (κ3) is 3.35. The highest BCUT2D eigenvalue weighted by molar-refractivity contribution is 5.99. The van der Waals surface area contributed by atoms with Gasteiger partial charge in [-0.15, -0.1) is 0 Å². The molecule has 3 heterocycles. The summed E-state index contributed by atoms with van der Waals surface area (Å²) in [5, 5.41) is 13.0.